The first-order valence-electron chi connectivity index (χ1n) is 9.24. The summed E-state index contributed by atoms with van der Waals surface area (Å²) >= 11 is 1.42. The van der Waals surface area contributed by atoms with Crippen molar-refractivity contribution in [2.45, 2.75) is 38.6 Å². The fourth-order valence-corrected chi connectivity index (χ4v) is 4.80. The normalized spacial score (nSPS) is 17.6. The monoisotopic (exact) mass is 365 g/mol. The SMILES string of the molecule is CCC1CCCCN1C(=O)c1sc2nc(-c3ccccc3)ccc2c1N. The van der Waals surface area contributed by atoms with Crippen LogP contribution in [0.15, 0.2) is 42.5 Å². The quantitative estimate of drug-likeness (QED) is 0.714. The molecule has 0 aliphatic carbocycles. The molecule has 1 aliphatic heterocycles. The van der Waals surface area contributed by atoms with Gasteiger partial charge in [-0.05, 0) is 37.8 Å². The van der Waals surface area contributed by atoms with Gasteiger partial charge < -0.3 is 10.6 Å². The van der Waals surface area contributed by atoms with Gasteiger partial charge in [-0.15, -0.1) is 11.3 Å². The van der Waals surface area contributed by atoms with Crippen molar-refractivity contribution in [1.29, 1.82) is 0 Å². The van der Waals surface area contributed by atoms with E-state index in [1.807, 2.05) is 47.4 Å². The van der Waals surface area contributed by atoms with Crippen molar-refractivity contribution in [1.82, 2.24) is 9.88 Å². The van der Waals surface area contributed by atoms with Crippen molar-refractivity contribution < 1.29 is 4.79 Å². The summed E-state index contributed by atoms with van der Waals surface area (Å²) in [6, 6.07) is 14.4. The van der Waals surface area contributed by atoms with E-state index in [9.17, 15) is 4.79 Å². The highest BCUT2D eigenvalue weighted by Crippen LogP contribution is 2.36. The van der Waals surface area contributed by atoms with Crippen LogP contribution >= 0.6 is 11.3 Å². The maximum atomic E-state index is 13.1. The van der Waals surface area contributed by atoms with Crippen molar-refractivity contribution in [2.24, 2.45) is 0 Å². The van der Waals surface area contributed by atoms with Gasteiger partial charge in [0.05, 0.1) is 11.4 Å². The maximum absolute atomic E-state index is 13.1. The average molecular weight is 366 g/mol. The van der Waals surface area contributed by atoms with E-state index in [0.717, 1.165) is 47.3 Å². The van der Waals surface area contributed by atoms with Crippen LogP contribution in [0.4, 0.5) is 5.69 Å². The number of fused-ring (bicyclic) bond motifs is 1. The molecule has 134 valence electrons. The summed E-state index contributed by atoms with van der Waals surface area (Å²) in [5.74, 6) is 0.0679. The molecule has 0 saturated carbocycles. The first kappa shape index (κ1) is 17.0. The zero-order valence-electron chi connectivity index (χ0n) is 14.9. The summed E-state index contributed by atoms with van der Waals surface area (Å²) < 4.78 is 0. The molecule has 1 aromatic carbocycles. The Labute approximate surface area is 157 Å². The van der Waals surface area contributed by atoms with E-state index >= 15 is 0 Å². The van der Waals surface area contributed by atoms with Crippen molar-refractivity contribution in [3.63, 3.8) is 0 Å². The van der Waals surface area contributed by atoms with Crippen LogP contribution in [-0.2, 0) is 0 Å². The largest absolute Gasteiger partial charge is 0.397 e. The van der Waals surface area contributed by atoms with Gasteiger partial charge in [-0.3, -0.25) is 4.79 Å². The van der Waals surface area contributed by atoms with Gasteiger partial charge >= 0.3 is 0 Å². The van der Waals surface area contributed by atoms with Crippen LogP contribution in [0, 0.1) is 0 Å². The van der Waals surface area contributed by atoms with Gasteiger partial charge in [0, 0.05) is 23.5 Å². The van der Waals surface area contributed by atoms with E-state index < -0.39 is 0 Å². The van der Waals surface area contributed by atoms with Gasteiger partial charge in [-0.1, -0.05) is 37.3 Å². The molecule has 4 rings (SSSR count). The van der Waals surface area contributed by atoms with Crippen LogP contribution in [0.1, 0.15) is 42.3 Å². The Morgan fingerprint density at radius 2 is 2.04 bits per heavy atom. The number of aromatic nitrogens is 1. The summed E-state index contributed by atoms with van der Waals surface area (Å²) in [6.07, 6.45) is 4.35. The number of hydrogen-bond acceptors (Lipinski definition) is 4. The number of hydrogen-bond donors (Lipinski definition) is 1. The standard InChI is InChI=1S/C21H23N3OS/c1-2-15-10-6-7-13-24(15)21(25)19-18(22)16-11-12-17(23-20(16)26-19)14-8-4-3-5-9-14/h3-5,8-9,11-12,15H,2,6-7,10,13,22H2,1H3. The molecule has 1 unspecified atom stereocenters. The minimum absolute atomic E-state index is 0.0679. The highest BCUT2D eigenvalue weighted by atomic mass is 32.1. The molecule has 0 bridgehead atoms. The Balaban J connectivity index is 1.72. The molecule has 5 heteroatoms. The number of carbonyl (C=O) groups is 1. The Morgan fingerprint density at radius 1 is 1.23 bits per heavy atom. The zero-order valence-corrected chi connectivity index (χ0v) is 15.8. The van der Waals surface area contributed by atoms with Crippen molar-refractivity contribution in [3.05, 3.63) is 47.3 Å². The van der Waals surface area contributed by atoms with Crippen molar-refractivity contribution in [3.8, 4) is 11.3 Å². The van der Waals surface area contributed by atoms with E-state index in [2.05, 4.69) is 6.92 Å². The number of nitrogens with zero attached hydrogens (tertiary/aromatic N) is 2. The van der Waals surface area contributed by atoms with E-state index in [0.29, 0.717) is 16.6 Å². The molecule has 2 N–H and O–H groups in total. The molecule has 0 radical (unpaired) electrons. The van der Waals surface area contributed by atoms with Crippen LogP contribution in [0.2, 0.25) is 0 Å². The lowest BCUT2D eigenvalue weighted by atomic mass is 9.99. The fraction of sp³-hybridized carbons (Fsp3) is 0.333. The number of piperidine rings is 1. The number of likely N-dealkylation sites (tertiary alicyclic amines) is 1. The molecule has 0 spiro atoms. The Morgan fingerprint density at radius 3 is 2.81 bits per heavy atom. The molecular formula is C21H23N3OS. The molecule has 3 aromatic rings. The van der Waals surface area contributed by atoms with Gasteiger partial charge in [-0.25, -0.2) is 4.98 Å². The fourth-order valence-electron chi connectivity index (χ4n) is 3.75. The second kappa shape index (κ2) is 7.08. The summed E-state index contributed by atoms with van der Waals surface area (Å²) in [4.78, 5) is 21.4. The highest BCUT2D eigenvalue weighted by molar-refractivity contribution is 7.21. The van der Waals surface area contributed by atoms with E-state index in [-0.39, 0.29) is 5.91 Å². The highest BCUT2D eigenvalue weighted by Gasteiger charge is 2.29. The van der Waals surface area contributed by atoms with E-state index in [4.69, 9.17) is 10.7 Å². The zero-order chi connectivity index (χ0) is 18.1. The van der Waals surface area contributed by atoms with Crippen LogP contribution in [0.25, 0.3) is 21.5 Å². The number of carbonyl (C=O) groups excluding carboxylic acids is 1. The van der Waals surface area contributed by atoms with Gasteiger partial charge in [0.25, 0.3) is 5.91 Å². The molecule has 1 saturated heterocycles. The molecular weight excluding hydrogens is 342 g/mol. The van der Waals surface area contributed by atoms with Crippen LogP contribution in [0.5, 0.6) is 0 Å². The number of amides is 1. The molecule has 2 aromatic heterocycles. The Bertz CT molecular complexity index is 935. The lowest BCUT2D eigenvalue weighted by molar-refractivity contribution is 0.0614. The van der Waals surface area contributed by atoms with Crippen LogP contribution in [-0.4, -0.2) is 28.4 Å². The summed E-state index contributed by atoms with van der Waals surface area (Å²) in [5.41, 5.74) is 8.89. The molecule has 26 heavy (non-hydrogen) atoms. The molecule has 1 aliphatic rings. The number of benzene rings is 1. The second-order valence-corrected chi connectivity index (χ2v) is 7.82. The van der Waals surface area contributed by atoms with Gasteiger partial charge in [-0.2, -0.15) is 0 Å². The lowest BCUT2D eigenvalue weighted by Gasteiger charge is -2.35. The third-order valence-corrected chi connectivity index (χ3v) is 6.32. The molecule has 1 atom stereocenters. The van der Waals surface area contributed by atoms with Crippen molar-refractivity contribution >= 4 is 33.1 Å². The number of nitrogen functional groups attached to an aromatic ring is 1. The summed E-state index contributed by atoms with van der Waals surface area (Å²) in [7, 11) is 0. The molecule has 3 heterocycles. The van der Waals surface area contributed by atoms with E-state index in [1.165, 1.54) is 17.8 Å². The minimum Gasteiger partial charge on any atom is -0.397 e. The third-order valence-electron chi connectivity index (χ3n) is 5.22. The molecule has 1 fully saturated rings. The predicted octanol–water partition coefficient (Wildman–Crippen LogP) is 4.95. The third kappa shape index (κ3) is 2.97. The molecule has 1 amide bonds. The predicted molar refractivity (Wildman–Crippen MR) is 108 cm³/mol. The summed E-state index contributed by atoms with van der Waals surface area (Å²) in [6.45, 7) is 2.98. The van der Waals surface area contributed by atoms with Crippen LogP contribution < -0.4 is 5.73 Å². The number of rotatable bonds is 3. The number of anilines is 1. The number of nitrogens with two attached hydrogens (primary N) is 1. The second-order valence-electron chi connectivity index (χ2n) is 6.82. The van der Waals surface area contributed by atoms with Gasteiger partial charge in [0.2, 0.25) is 0 Å². The first-order chi connectivity index (χ1) is 12.7. The van der Waals surface area contributed by atoms with E-state index in [1.54, 1.807) is 0 Å². The minimum atomic E-state index is 0.0679. The number of pyridine rings is 1. The van der Waals surface area contributed by atoms with Crippen molar-refractivity contribution in [2.75, 3.05) is 12.3 Å². The first-order valence-corrected chi connectivity index (χ1v) is 10.1. The smallest absolute Gasteiger partial charge is 0.266 e. The number of thiophene rings is 1. The maximum Gasteiger partial charge on any atom is 0.266 e. The van der Waals surface area contributed by atoms with Gasteiger partial charge in [0.1, 0.15) is 9.71 Å². The molecule has 4 nitrogen and oxygen atoms in total. The topological polar surface area (TPSA) is 59.2 Å². The Hall–Kier alpha value is -2.40. The lowest BCUT2D eigenvalue weighted by Crippen LogP contribution is -2.43. The van der Waals surface area contributed by atoms with Gasteiger partial charge in [0.15, 0.2) is 0 Å². The van der Waals surface area contributed by atoms with Crippen LogP contribution in [0.3, 0.4) is 0 Å². The average Bonchev–Trinajstić information content (AvgIpc) is 3.04. The Kier molecular flexibility index (Phi) is 4.64. The summed E-state index contributed by atoms with van der Waals surface area (Å²) in [5, 5.41) is 0.878.